The Labute approximate surface area is 229 Å². The van der Waals surface area contributed by atoms with Gasteiger partial charge in [-0.2, -0.15) is 0 Å². The van der Waals surface area contributed by atoms with E-state index in [0.717, 1.165) is 55.9 Å². The average Bonchev–Trinajstić information content (AvgIpc) is 3.41. The van der Waals surface area contributed by atoms with Crippen LogP contribution in [0.1, 0.15) is 47.3 Å². The first-order valence-corrected chi connectivity index (χ1v) is 13.6. The quantitative estimate of drug-likeness (QED) is 0.531. The van der Waals surface area contributed by atoms with Crippen LogP contribution in [0.25, 0.3) is 0 Å². The molecule has 3 aromatic rings. The van der Waals surface area contributed by atoms with Gasteiger partial charge < -0.3 is 24.3 Å². The zero-order chi connectivity index (χ0) is 27.0. The number of methoxy groups -OCH3 is 2. The van der Waals surface area contributed by atoms with Crippen molar-refractivity contribution in [3.05, 3.63) is 59.4 Å². The molecule has 1 aromatic heterocycles. The second kappa shape index (κ2) is 12.8. The van der Waals surface area contributed by atoms with Crippen molar-refractivity contribution in [1.29, 1.82) is 0 Å². The van der Waals surface area contributed by atoms with Crippen LogP contribution in [0, 0.1) is 5.92 Å². The molecular weight excluding hydrogens is 498 g/mol. The van der Waals surface area contributed by atoms with Crippen molar-refractivity contribution in [3.63, 3.8) is 0 Å². The molecule has 5 rings (SSSR count). The molecule has 3 heterocycles. The third kappa shape index (κ3) is 6.81. The molecule has 39 heavy (non-hydrogen) atoms. The van der Waals surface area contributed by atoms with Crippen molar-refractivity contribution >= 4 is 5.91 Å². The predicted molar refractivity (Wildman–Crippen MR) is 145 cm³/mol. The highest BCUT2D eigenvalue weighted by atomic mass is 16.5. The van der Waals surface area contributed by atoms with E-state index in [1.165, 1.54) is 0 Å². The molecule has 1 N–H and O–H groups in total. The van der Waals surface area contributed by atoms with Crippen molar-refractivity contribution in [2.75, 3.05) is 40.5 Å². The van der Waals surface area contributed by atoms with E-state index in [0.29, 0.717) is 61.5 Å². The SMILES string of the molecule is COc1ccc2cc1OCCCn1cc(nn1)COc1c(cccc1OC)CN1CCCC(CCNC2=O)C1. The first-order chi connectivity index (χ1) is 19.1. The minimum atomic E-state index is -0.106. The van der Waals surface area contributed by atoms with Gasteiger partial charge in [0.15, 0.2) is 23.0 Å². The van der Waals surface area contributed by atoms with Crippen molar-refractivity contribution in [2.24, 2.45) is 5.92 Å². The average molecular weight is 536 g/mol. The third-order valence-corrected chi connectivity index (χ3v) is 7.28. The molecule has 0 spiro atoms. The molecule has 2 aromatic carbocycles. The van der Waals surface area contributed by atoms with Crippen molar-refractivity contribution in [2.45, 2.75) is 45.4 Å². The second-order valence-electron chi connectivity index (χ2n) is 10.1. The fraction of sp³-hybridized carbons (Fsp3) is 0.483. The zero-order valence-corrected chi connectivity index (χ0v) is 22.7. The lowest BCUT2D eigenvalue weighted by Crippen LogP contribution is -2.36. The number of para-hydroxylation sites is 1. The molecule has 2 atom stereocenters. The van der Waals surface area contributed by atoms with E-state index in [1.54, 1.807) is 37.1 Å². The van der Waals surface area contributed by atoms with Crippen LogP contribution in [0.3, 0.4) is 0 Å². The summed E-state index contributed by atoms with van der Waals surface area (Å²) in [5, 5.41) is 11.6. The number of hydrogen-bond donors (Lipinski definition) is 1. The van der Waals surface area contributed by atoms with Gasteiger partial charge in [0, 0.05) is 43.7 Å². The van der Waals surface area contributed by atoms with Gasteiger partial charge >= 0.3 is 0 Å². The molecule has 6 bridgehead atoms. The Bertz CT molecular complexity index is 1260. The Morgan fingerprint density at radius 3 is 2.79 bits per heavy atom. The molecule has 2 aliphatic heterocycles. The summed E-state index contributed by atoms with van der Waals surface area (Å²) in [6.45, 7) is 4.78. The first kappa shape index (κ1) is 26.8. The van der Waals surface area contributed by atoms with Gasteiger partial charge in [-0.25, -0.2) is 0 Å². The van der Waals surface area contributed by atoms with Gasteiger partial charge in [0.2, 0.25) is 0 Å². The van der Waals surface area contributed by atoms with Crippen LogP contribution in [-0.2, 0) is 19.7 Å². The standard InChI is InChI=1S/C29H37N5O5/c1-36-25-10-9-22-16-27(25)38-15-5-14-34-19-24(31-32-34)20-39-28-23(7-3-8-26(28)37-2)18-33-13-4-6-21(17-33)11-12-30-29(22)35/h3,7-10,16,19,21H,4-6,11-15,17-18,20H2,1-2H3,(H,30,35). The van der Waals surface area contributed by atoms with Crippen LogP contribution < -0.4 is 24.3 Å². The van der Waals surface area contributed by atoms with Crippen LogP contribution in [0.5, 0.6) is 23.0 Å². The summed E-state index contributed by atoms with van der Waals surface area (Å²) < 4.78 is 25.1. The highest BCUT2D eigenvalue weighted by Crippen LogP contribution is 2.34. The van der Waals surface area contributed by atoms with Gasteiger partial charge in [-0.15, -0.1) is 5.10 Å². The third-order valence-electron chi connectivity index (χ3n) is 7.28. The minimum absolute atomic E-state index is 0.106. The highest BCUT2D eigenvalue weighted by Gasteiger charge is 2.22. The van der Waals surface area contributed by atoms with E-state index in [4.69, 9.17) is 18.9 Å². The zero-order valence-electron chi connectivity index (χ0n) is 22.7. The lowest BCUT2D eigenvalue weighted by atomic mass is 9.94. The largest absolute Gasteiger partial charge is 0.493 e. The van der Waals surface area contributed by atoms with Gasteiger partial charge in [0.05, 0.1) is 27.0 Å². The number of nitrogens with one attached hydrogen (secondary N) is 1. The summed E-state index contributed by atoms with van der Waals surface area (Å²) in [4.78, 5) is 15.4. The molecule has 0 saturated carbocycles. The molecule has 10 nitrogen and oxygen atoms in total. The molecule has 1 fully saturated rings. The Kier molecular flexibility index (Phi) is 8.82. The summed E-state index contributed by atoms with van der Waals surface area (Å²) in [7, 11) is 3.26. The Hall–Kier alpha value is -3.79. The number of carbonyl (C=O) groups excluding carboxylic acids is 1. The van der Waals surface area contributed by atoms with Crippen molar-refractivity contribution in [1.82, 2.24) is 25.2 Å². The normalized spacial score (nSPS) is 20.6. The number of piperidine rings is 1. The number of benzene rings is 2. The van der Waals surface area contributed by atoms with Gasteiger partial charge in [-0.05, 0) is 56.0 Å². The van der Waals surface area contributed by atoms with E-state index in [1.807, 2.05) is 18.3 Å². The molecule has 0 aliphatic carbocycles. The number of rotatable bonds is 2. The lowest BCUT2D eigenvalue weighted by molar-refractivity contribution is 0.0945. The number of nitrogens with zero attached hydrogens (tertiary/aromatic N) is 4. The number of amides is 1. The monoisotopic (exact) mass is 535 g/mol. The van der Waals surface area contributed by atoms with Crippen LogP contribution >= 0.6 is 0 Å². The molecule has 0 radical (unpaired) electrons. The summed E-state index contributed by atoms with van der Waals surface area (Å²) in [6, 6.07) is 11.3. The maximum absolute atomic E-state index is 12.9. The molecule has 2 unspecified atom stereocenters. The summed E-state index contributed by atoms with van der Waals surface area (Å²) >= 11 is 0. The predicted octanol–water partition coefficient (Wildman–Crippen LogP) is 3.69. The number of carbonyl (C=O) groups is 1. The van der Waals surface area contributed by atoms with Crippen molar-refractivity contribution in [3.8, 4) is 23.0 Å². The lowest BCUT2D eigenvalue weighted by Gasteiger charge is -2.33. The summed E-state index contributed by atoms with van der Waals surface area (Å²) in [5.41, 5.74) is 2.39. The molecule has 1 saturated heterocycles. The maximum atomic E-state index is 12.9. The van der Waals surface area contributed by atoms with Crippen LogP contribution in [0.4, 0.5) is 0 Å². The Morgan fingerprint density at radius 2 is 1.92 bits per heavy atom. The van der Waals surface area contributed by atoms with Gasteiger partial charge in [0.25, 0.3) is 5.91 Å². The number of ether oxygens (including phenoxy) is 4. The maximum Gasteiger partial charge on any atom is 0.251 e. The number of hydrogen-bond acceptors (Lipinski definition) is 8. The first-order valence-electron chi connectivity index (χ1n) is 13.6. The fourth-order valence-corrected chi connectivity index (χ4v) is 5.27. The van der Waals surface area contributed by atoms with Crippen molar-refractivity contribution < 1.29 is 23.7 Å². The van der Waals surface area contributed by atoms with Gasteiger partial charge in [-0.3, -0.25) is 14.4 Å². The minimum Gasteiger partial charge on any atom is -0.493 e. The van der Waals surface area contributed by atoms with Gasteiger partial charge in [-0.1, -0.05) is 17.3 Å². The van der Waals surface area contributed by atoms with Crippen LogP contribution in [0.15, 0.2) is 42.6 Å². The molecule has 10 heteroatoms. The van der Waals surface area contributed by atoms with Gasteiger partial charge in [0.1, 0.15) is 12.3 Å². The second-order valence-corrected chi connectivity index (χ2v) is 10.1. The number of aromatic nitrogens is 3. The molecular formula is C29H37N5O5. The van der Waals surface area contributed by atoms with Crippen LogP contribution in [-0.4, -0.2) is 66.3 Å². The van der Waals surface area contributed by atoms with E-state index in [-0.39, 0.29) is 5.91 Å². The van der Waals surface area contributed by atoms with E-state index in [2.05, 4.69) is 26.6 Å². The molecule has 208 valence electrons. The molecule has 2 aliphatic rings. The Balaban J connectivity index is 1.36. The van der Waals surface area contributed by atoms with E-state index < -0.39 is 0 Å². The van der Waals surface area contributed by atoms with E-state index >= 15 is 0 Å². The van der Waals surface area contributed by atoms with Crippen LogP contribution in [0.2, 0.25) is 0 Å². The van der Waals surface area contributed by atoms with E-state index in [9.17, 15) is 4.79 Å². The smallest absolute Gasteiger partial charge is 0.251 e. The fourth-order valence-electron chi connectivity index (χ4n) is 5.27. The Morgan fingerprint density at radius 1 is 1.03 bits per heavy atom. The highest BCUT2D eigenvalue weighted by molar-refractivity contribution is 5.94. The summed E-state index contributed by atoms with van der Waals surface area (Å²) in [6.07, 6.45) is 5.81. The molecule has 1 amide bonds. The number of aryl methyl sites for hydroxylation is 1. The summed E-state index contributed by atoms with van der Waals surface area (Å²) in [5.74, 6) is 3.01. The topological polar surface area (TPSA) is 100.0 Å². The number of fused-ring (bicyclic) bond motifs is 7.